The van der Waals surface area contributed by atoms with Crippen LogP contribution in [-0.4, -0.2) is 16.7 Å². The van der Waals surface area contributed by atoms with Crippen LogP contribution >= 0.6 is 12.4 Å². The van der Waals surface area contributed by atoms with Gasteiger partial charge in [-0.05, 0) is 31.5 Å². The molecule has 0 bridgehead atoms. The van der Waals surface area contributed by atoms with Crippen molar-refractivity contribution in [1.82, 2.24) is 15.5 Å². The molecule has 1 N–H and O–H groups in total. The van der Waals surface area contributed by atoms with Crippen molar-refractivity contribution in [3.8, 4) is 11.4 Å². The third-order valence-corrected chi connectivity index (χ3v) is 3.50. The van der Waals surface area contributed by atoms with Crippen LogP contribution in [0.3, 0.4) is 0 Å². The second kappa shape index (κ2) is 6.66. The minimum absolute atomic E-state index is 0. The quantitative estimate of drug-likeness (QED) is 0.902. The Morgan fingerprint density at radius 1 is 1.23 bits per heavy atom. The summed E-state index contributed by atoms with van der Waals surface area (Å²) in [6, 6.07) is 4.92. The molecule has 22 heavy (non-hydrogen) atoms. The lowest BCUT2D eigenvalue weighted by atomic mass is 10.1. The smallest absolute Gasteiger partial charge is 0.337 e. The van der Waals surface area contributed by atoms with Crippen LogP contribution in [0.2, 0.25) is 0 Å². The van der Waals surface area contributed by atoms with Crippen LogP contribution in [0.15, 0.2) is 28.8 Å². The van der Waals surface area contributed by atoms with Crippen molar-refractivity contribution in [2.45, 2.75) is 31.5 Å². The Hall–Kier alpha value is -1.60. The molecular weight excluding hydrogens is 319 g/mol. The van der Waals surface area contributed by atoms with Gasteiger partial charge in [0.05, 0.1) is 11.6 Å². The van der Waals surface area contributed by atoms with Gasteiger partial charge in [0.1, 0.15) is 0 Å². The number of halogens is 4. The van der Waals surface area contributed by atoms with E-state index in [-0.39, 0.29) is 24.3 Å². The average molecular weight is 334 g/mol. The minimum Gasteiger partial charge on any atom is -0.337 e. The third-order valence-electron chi connectivity index (χ3n) is 3.50. The van der Waals surface area contributed by atoms with E-state index in [9.17, 15) is 13.2 Å². The summed E-state index contributed by atoms with van der Waals surface area (Å²) in [6.45, 7) is 0.881. The highest BCUT2D eigenvalue weighted by atomic mass is 35.5. The molecule has 1 aliphatic rings. The zero-order valence-electron chi connectivity index (χ0n) is 11.6. The van der Waals surface area contributed by atoms with Crippen molar-refractivity contribution in [3.63, 3.8) is 0 Å². The van der Waals surface area contributed by atoms with Crippen molar-refractivity contribution in [2.24, 2.45) is 0 Å². The predicted molar refractivity (Wildman–Crippen MR) is 76.6 cm³/mol. The molecule has 1 aliphatic heterocycles. The molecule has 3 rings (SSSR count). The van der Waals surface area contributed by atoms with Gasteiger partial charge in [0.25, 0.3) is 0 Å². The van der Waals surface area contributed by atoms with Crippen molar-refractivity contribution in [3.05, 3.63) is 35.7 Å². The summed E-state index contributed by atoms with van der Waals surface area (Å²) >= 11 is 0. The number of benzene rings is 1. The molecule has 1 saturated heterocycles. The Morgan fingerprint density at radius 3 is 2.73 bits per heavy atom. The molecule has 0 spiro atoms. The molecule has 120 valence electrons. The van der Waals surface area contributed by atoms with Gasteiger partial charge in [-0.1, -0.05) is 23.7 Å². The van der Waals surface area contributed by atoms with Gasteiger partial charge >= 0.3 is 6.18 Å². The fraction of sp³-hybridized carbons (Fsp3) is 0.429. The molecule has 2 aromatic rings. The summed E-state index contributed by atoms with van der Waals surface area (Å²) < 4.78 is 43.3. The minimum atomic E-state index is -4.38. The normalized spacial score (nSPS) is 18.8. The predicted octanol–water partition coefficient (Wildman–Crippen LogP) is 3.99. The first-order valence-electron chi connectivity index (χ1n) is 6.78. The van der Waals surface area contributed by atoms with Gasteiger partial charge in [-0.3, -0.25) is 0 Å². The Morgan fingerprint density at radius 2 is 2.05 bits per heavy atom. The zero-order chi connectivity index (χ0) is 14.9. The van der Waals surface area contributed by atoms with Gasteiger partial charge in [-0.25, -0.2) is 0 Å². The summed E-state index contributed by atoms with van der Waals surface area (Å²) in [6.07, 6.45) is -1.32. The highest BCUT2D eigenvalue weighted by Crippen LogP contribution is 2.32. The molecule has 0 aliphatic carbocycles. The summed E-state index contributed by atoms with van der Waals surface area (Å²) in [5.74, 6) is 0.616. The first-order valence-corrected chi connectivity index (χ1v) is 6.78. The lowest BCUT2D eigenvalue weighted by Gasteiger charge is -2.19. The van der Waals surface area contributed by atoms with Crippen molar-refractivity contribution in [1.29, 1.82) is 0 Å². The van der Waals surface area contributed by atoms with Crippen LogP contribution in [0, 0.1) is 0 Å². The van der Waals surface area contributed by atoms with Gasteiger partial charge in [0.15, 0.2) is 0 Å². The lowest BCUT2D eigenvalue weighted by molar-refractivity contribution is -0.137. The van der Waals surface area contributed by atoms with Gasteiger partial charge in [-0.2, -0.15) is 18.2 Å². The van der Waals surface area contributed by atoms with Gasteiger partial charge in [0, 0.05) is 5.56 Å². The molecule has 0 saturated carbocycles. The molecule has 1 atom stereocenters. The summed E-state index contributed by atoms with van der Waals surface area (Å²) in [7, 11) is 0. The number of aromatic nitrogens is 2. The van der Waals surface area contributed by atoms with Gasteiger partial charge in [0.2, 0.25) is 11.7 Å². The second-order valence-electron chi connectivity index (χ2n) is 5.04. The van der Waals surface area contributed by atoms with E-state index in [1.54, 1.807) is 0 Å². The first kappa shape index (κ1) is 16.8. The van der Waals surface area contributed by atoms with Crippen LogP contribution in [0.5, 0.6) is 0 Å². The molecule has 1 aromatic heterocycles. The van der Waals surface area contributed by atoms with E-state index in [0.29, 0.717) is 11.5 Å². The number of nitrogens with one attached hydrogen (secondary N) is 1. The van der Waals surface area contributed by atoms with Crippen LogP contribution in [0.25, 0.3) is 11.4 Å². The fourth-order valence-electron chi connectivity index (χ4n) is 2.39. The zero-order valence-corrected chi connectivity index (χ0v) is 12.4. The molecule has 0 amide bonds. The summed E-state index contributed by atoms with van der Waals surface area (Å²) in [5.41, 5.74) is -0.419. The van der Waals surface area contributed by atoms with E-state index in [1.807, 2.05) is 0 Å². The first-order chi connectivity index (χ1) is 10.0. The molecule has 2 heterocycles. The molecule has 1 fully saturated rings. The van der Waals surface area contributed by atoms with Gasteiger partial charge in [-0.15, -0.1) is 12.4 Å². The number of nitrogens with zero attached hydrogens (tertiary/aromatic N) is 2. The Balaban J connectivity index is 0.00000176. The molecule has 1 unspecified atom stereocenters. The molecule has 1 aromatic carbocycles. The Labute approximate surface area is 131 Å². The van der Waals surface area contributed by atoms with E-state index >= 15 is 0 Å². The molecule has 8 heteroatoms. The monoisotopic (exact) mass is 333 g/mol. The van der Waals surface area contributed by atoms with E-state index in [4.69, 9.17) is 4.52 Å². The van der Waals surface area contributed by atoms with E-state index in [0.717, 1.165) is 37.9 Å². The van der Waals surface area contributed by atoms with Crippen molar-refractivity contribution < 1.29 is 17.7 Å². The maximum Gasteiger partial charge on any atom is 0.416 e. The maximum atomic E-state index is 12.7. The number of hydrogen-bond acceptors (Lipinski definition) is 4. The number of hydrogen-bond donors (Lipinski definition) is 1. The van der Waals surface area contributed by atoms with Crippen LogP contribution in [-0.2, 0) is 6.18 Å². The molecular formula is C14H15ClF3N3O. The Kier molecular flexibility index (Phi) is 5.08. The maximum absolute atomic E-state index is 12.7. The highest BCUT2D eigenvalue weighted by molar-refractivity contribution is 5.85. The number of alkyl halides is 3. The van der Waals surface area contributed by atoms with Gasteiger partial charge < -0.3 is 9.84 Å². The lowest BCUT2D eigenvalue weighted by Crippen LogP contribution is -2.26. The number of piperidine rings is 1. The molecule has 4 nitrogen and oxygen atoms in total. The average Bonchev–Trinajstić information content (AvgIpc) is 2.97. The highest BCUT2D eigenvalue weighted by Gasteiger charge is 2.31. The standard InChI is InChI=1S/C14H14F3N3O.ClH/c15-14(16,17)10-5-3-4-9(8-10)12-19-13(21-20-12)11-6-1-2-7-18-11;/h3-5,8,11,18H,1-2,6-7H2;1H. The third kappa shape index (κ3) is 3.59. The van der Waals surface area contributed by atoms with Crippen LogP contribution in [0.4, 0.5) is 13.2 Å². The SMILES string of the molecule is Cl.FC(F)(F)c1cccc(-c2noc(C3CCCCN3)n2)c1. The Bertz CT molecular complexity index is 624. The van der Waals surface area contributed by atoms with Crippen LogP contribution < -0.4 is 5.32 Å². The number of rotatable bonds is 2. The summed E-state index contributed by atoms with van der Waals surface area (Å²) in [5, 5.41) is 7.05. The largest absolute Gasteiger partial charge is 0.416 e. The van der Waals surface area contributed by atoms with E-state index in [1.165, 1.54) is 12.1 Å². The topological polar surface area (TPSA) is 51.0 Å². The van der Waals surface area contributed by atoms with E-state index < -0.39 is 11.7 Å². The van der Waals surface area contributed by atoms with E-state index in [2.05, 4.69) is 15.5 Å². The summed E-state index contributed by atoms with van der Waals surface area (Å²) in [4.78, 5) is 4.22. The van der Waals surface area contributed by atoms with Crippen LogP contribution in [0.1, 0.15) is 36.8 Å². The fourth-order valence-corrected chi connectivity index (χ4v) is 2.39. The second-order valence-corrected chi connectivity index (χ2v) is 5.04. The van der Waals surface area contributed by atoms with Crippen molar-refractivity contribution >= 4 is 12.4 Å². The molecule has 0 radical (unpaired) electrons. The van der Waals surface area contributed by atoms with Crippen molar-refractivity contribution in [2.75, 3.05) is 6.54 Å².